The van der Waals surface area contributed by atoms with Crippen LogP contribution in [-0.4, -0.2) is 56.1 Å². The zero-order chi connectivity index (χ0) is 24.7. The Kier molecular flexibility index (Phi) is 8.20. The summed E-state index contributed by atoms with van der Waals surface area (Å²) in [6.45, 7) is 3.63. The van der Waals surface area contributed by atoms with Gasteiger partial charge in [-0.15, -0.1) is 4.99 Å². The molecule has 34 heavy (non-hydrogen) atoms. The number of nitrogens with one attached hydrogen (secondary N) is 1. The van der Waals surface area contributed by atoms with E-state index in [1.165, 1.54) is 7.11 Å². The SMILES string of the molecule is CO/C(N)=N\C(=O)NC1CC(OC(=O)c2ccc(C)cc2)C(COC(=O)c2ccc(C)cc2)O1. The van der Waals surface area contributed by atoms with Crippen LogP contribution >= 0.6 is 0 Å². The number of urea groups is 1. The van der Waals surface area contributed by atoms with Crippen LogP contribution in [0, 0.1) is 13.8 Å². The highest BCUT2D eigenvalue weighted by atomic mass is 16.6. The number of ether oxygens (including phenoxy) is 4. The number of aryl methyl sites for hydroxylation is 2. The molecule has 10 nitrogen and oxygen atoms in total. The number of amides is 2. The van der Waals surface area contributed by atoms with Gasteiger partial charge in [0.2, 0.25) is 0 Å². The number of hydrogen-bond donors (Lipinski definition) is 2. The molecule has 1 heterocycles. The van der Waals surface area contributed by atoms with E-state index in [4.69, 9.17) is 19.9 Å². The lowest BCUT2D eigenvalue weighted by molar-refractivity contribution is -0.0454. The minimum atomic E-state index is -0.847. The Labute approximate surface area is 197 Å². The van der Waals surface area contributed by atoms with E-state index in [1.807, 2.05) is 13.8 Å². The van der Waals surface area contributed by atoms with E-state index in [0.29, 0.717) is 11.1 Å². The number of esters is 2. The van der Waals surface area contributed by atoms with Gasteiger partial charge >= 0.3 is 18.0 Å². The normalized spacial score (nSPS) is 19.9. The van der Waals surface area contributed by atoms with Crippen molar-refractivity contribution in [1.82, 2.24) is 5.32 Å². The minimum Gasteiger partial charge on any atom is -0.468 e. The van der Waals surface area contributed by atoms with Crippen LogP contribution in [0.15, 0.2) is 53.5 Å². The third kappa shape index (κ3) is 6.79. The molecule has 1 fully saturated rings. The average Bonchev–Trinajstić information content (AvgIpc) is 3.18. The molecule has 2 aromatic carbocycles. The summed E-state index contributed by atoms with van der Waals surface area (Å²) in [6.07, 6.45) is -2.32. The molecule has 2 aromatic rings. The van der Waals surface area contributed by atoms with E-state index in [2.05, 4.69) is 15.0 Å². The molecule has 3 rings (SSSR count). The van der Waals surface area contributed by atoms with Crippen LogP contribution < -0.4 is 11.1 Å². The van der Waals surface area contributed by atoms with E-state index in [-0.39, 0.29) is 19.0 Å². The molecule has 0 spiro atoms. The Hall–Kier alpha value is -3.92. The van der Waals surface area contributed by atoms with Gasteiger partial charge in [-0.05, 0) is 38.1 Å². The maximum absolute atomic E-state index is 12.6. The Morgan fingerprint density at radius 1 is 1.00 bits per heavy atom. The van der Waals surface area contributed by atoms with Crippen molar-refractivity contribution >= 4 is 24.0 Å². The van der Waals surface area contributed by atoms with Crippen molar-refractivity contribution in [3.8, 4) is 0 Å². The van der Waals surface area contributed by atoms with Crippen LogP contribution in [0.3, 0.4) is 0 Å². The molecule has 3 unspecified atom stereocenters. The van der Waals surface area contributed by atoms with Crippen molar-refractivity contribution in [2.45, 2.75) is 38.7 Å². The first kappa shape index (κ1) is 24.7. The number of hydrogen-bond acceptors (Lipinski definition) is 7. The first-order valence-corrected chi connectivity index (χ1v) is 10.6. The Morgan fingerprint density at radius 2 is 1.56 bits per heavy atom. The highest BCUT2D eigenvalue weighted by Crippen LogP contribution is 2.24. The van der Waals surface area contributed by atoms with Gasteiger partial charge in [0.05, 0.1) is 18.2 Å². The van der Waals surface area contributed by atoms with Gasteiger partial charge in [0.15, 0.2) is 0 Å². The Bertz CT molecular complexity index is 1050. The first-order valence-electron chi connectivity index (χ1n) is 10.6. The number of rotatable bonds is 6. The maximum Gasteiger partial charge on any atom is 0.347 e. The predicted molar refractivity (Wildman–Crippen MR) is 122 cm³/mol. The number of carbonyl (C=O) groups excluding carboxylic acids is 3. The van der Waals surface area contributed by atoms with E-state index < -0.39 is 36.4 Å². The third-order valence-corrected chi connectivity index (χ3v) is 5.12. The zero-order valence-electron chi connectivity index (χ0n) is 19.1. The van der Waals surface area contributed by atoms with Gasteiger partial charge in [0, 0.05) is 6.42 Å². The molecule has 0 saturated carbocycles. The van der Waals surface area contributed by atoms with Crippen LogP contribution in [0.4, 0.5) is 4.79 Å². The topological polar surface area (TPSA) is 139 Å². The number of nitrogens with two attached hydrogens (primary N) is 1. The second kappa shape index (κ2) is 11.3. The number of methoxy groups -OCH3 is 1. The molecule has 3 N–H and O–H groups in total. The standard InChI is InChI=1S/C24H27N3O7/c1-14-4-8-16(9-5-14)21(28)32-13-19-18(34-22(29)17-10-6-15(2)7-11-17)12-20(33-19)26-24(30)27-23(25)31-3/h4-11,18-20H,12-13H2,1-3H3,(H3,25,26,27,30). The number of benzene rings is 2. The Balaban J connectivity index is 1.67. The third-order valence-electron chi connectivity index (χ3n) is 5.12. The summed E-state index contributed by atoms with van der Waals surface area (Å²) < 4.78 is 21.4. The van der Waals surface area contributed by atoms with Crippen LogP contribution in [0.2, 0.25) is 0 Å². The molecule has 1 aliphatic heterocycles. The number of amidine groups is 1. The van der Waals surface area contributed by atoms with Gasteiger partial charge in [-0.1, -0.05) is 35.4 Å². The van der Waals surface area contributed by atoms with Gasteiger partial charge in [0.1, 0.15) is 25.0 Å². The molecular weight excluding hydrogens is 442 g/mol. The van der Waals surface area contributed by atoms with Crippen molar-refractivity contribution in [3.63, 3.8) is 0 Å². The monoisotopic (exact) mass is 469 g/mol. The first-order chi connectivity index (χ1) is 16.2. The summed E-state index contributed by atoms with van der Waals surface area (Å²) in [5.74, 6) is -1.10. The van der Waals surface area contributed by atoms with Crippen LogP contribution in [0.25, 0.3) is 0 Å². The molecule has 3 atom stereocenters. The number of nitrogens with zero attached hydrogens (tertiary/aromatic N) is 1. The van der Waals surface area contributed by atoms with Crippen LogP contribution in [-0.2, 0) is 18.9 Å². The molecule has 0 radical (unpaired) electrons. The summed E-state index contributed by atoms with van der Waals surface area (Å²) in [5, 5.41) is 2.51. The van der Waals surface area contributed by atoms with E-state index in [0.717, 1.165) is 11.1 Å². The van der Waals surface area contributed by atoms with Crippen LogP contribution in [0.1, 0.15) is 38.3 Å². The fourth-order valence-corrected chi connectivity index (χ4v) is 3.22. The second-order valence-electron chi connectivity index (χ2n) is 7.78. The van der Waals surface area contributed by atoms with Crippen molar-refractivity contribution < 1.29 is 33.3 Å². The van der Waals surface area contributed by atoms with Crippen LogP contribution in [0.5, 0.6) is 0 Å². The Morgan fingerprint density at radius 3 is 2.12 bits per heavy atom. The van der Waals surface area contributed by atoms with E-state index >= 15 is 0 Å². The summed E-state index contributed by atoms with van der Waals surface area (Å²) in [7, 11) is 1.27. The summed E-state index contributed by atoms with van der Waals surface area (Å²) >= 11 is 0. The fourth-order valence-electron chi connectivity index (χ4n) is 3.22. The zero-order valence-corrected chi connectivity index (χ0v) is 19.1. The molecule has 1 aliphatic rings. The molecule has 0 aromatic heterocycles. The molecule has 10 heteroatoms. The predicted octanol–water partition coefficient (Wildman–Crippen LogP) is 2.47. The molecule has 0 bridgehead atoms. The molecule has 2 amide bonds. The lowest BCUT2D eigenvalue weighted by Gasteiger charge is -2.19. The number of carbonyl (C=O) groups is 3. The lowest BCUT2D eigenvalue weighted by atomic mass is 10.1. The van der Waals surface area contributed by atoms with Crippen molar-refractivity contribution in [3.05, 3.63) is 70.8 Å². The van der Waals surface area contributed by atoms with E-state index in [9.17, 15) is 14.4 Å². The minimum absolute atomic E-state index is 0.124. The molecular formula is C24H27N3O7. The van der Waals surface area contributed by atoms with Gasteiger partial charge in [0.25, 0.3) is 6.02 Å². The van der Waals surface area contributed by atoms with Crippen molar-refractivity contribution in [1.29, 1.82) is 0 Å². The largest absolute Gasteiger partial charge is 0.468 e. The molecule has 180 valence electrons. The summed E-state index contributed by atoms with van der Waals surface area (Å²) in [6, 6.07) is 12.7. The molecule has 1 saturated heterocycles. The fraction of sp³-hybridized carbons (Fsp3) is 0.333. The lowest BCUT2D eigenvalue weighted by Crippen LogP contribution is -2.35. The van der Waals surface area contributed by atoms with Gasteiger partial charge in [-0.25, -0.2) is 14.4 Å². The summed E-state index contributed by atoms with van der Waals surface area (Å²) in [4.78, 5) is 40.5. The maximum atomic E-state index is 12.6. The van der Waals surface area contributed by atoms with E-state index in [1.54, 1.807) is 48.5 Å². The summed E-state index contributed by atoms with van der Waals surface area (Å²) in [5.41, 5.74) is 8.14. The van der Waals surface area contributed by atoms with Crippen molar-refractivity contribution in [2.24, 2.45) is 10.7 Å². The average molecular weight is 469 g/mol. The highest BCUT2D eigenvalue weighted by molar-refractivity contribution is 5.90. The number of aliphatic imine (C=N–C) groups is 1. The van der Waals surface area contributed by atoms with Crippen molar-refractivity contribution in [2.75, 3.05) is 13.7 Å². The quantitative estimate of drug-likeness (QED) is 0.374. The second-order valence-corrected chi connectivity index (χ2v) is 7.78. The smallest absolute Gasteiger partial charge is 0.347 e. The van der Waals surface area contributed by atoms with Gasteiger partial charge < -0.3 is 30.0 Å². The molecule has 0 aliphatic carbocycles. The van der Waals surface area contributed by atoms with Gasteiger partial charge in [-0.3, -0.25) is 0 Å². The highest BCUT2D eigenvalue weighted by Gasteiger charge is 2.40. The van der Waals surface area contributed by atoms with Gasteiger partial charge in [-0.2, -0.15) is 0 Å².